The molecule has 3 nitrogen and oxygen atoms in total. The number of carbonyl (C=O) groups excluding carboxylic acids is 1. The van der Waals surface area contributed by atoms with Crippen LogP contribution < -0.4 is 5.32 Å². The molecular formula is C16H16FNO2. The van der Waals surface area contributed by atoms with Crippen LogP contribution in [0.2, 0.25) is 0 Å². The van der Waals surface area contributed by atoms with Crippen molar-refractivity contribution in [2.75, 3.05) is 5.32 Å². The molecule has 1 amide bonds. The van der Waals surface area contributed by atoms with Gasteiger partial charge in [0.15, 0.2) is 0 Å². The molecular weight excluding hydrogens is 257 g/mol. The molecule has 0 saturated heterocycles. The quantitative estimate of drug-likeness (QED) is 0.835. The first-order valence-corrected chi connectivity index (χ1v) is 6.46. The van der Waals surface area contributed by atoms with Gasteiger partial charge in [-0.25, -0.2) is 4.39 Å². The standard InChI is InChI=1S/C16H16FNO2/c1-2-13(11-6-4-3-5-7-11)16(20)18-14-10-12(17)8-9-15(14)19/h3-10,13,19H,2H2,1H3,(H,18,20). The Labute approximate surface area is 117 Å². The van der Waals surface area contributed by atoms with Crippen LogP contribution in [0.15, 0.2) is 48.5 Å². The molecule has 20 heavy (non-hydrogen) atoms. The van der Waals surface area contributed by atoms with Gasteiger partial charge < -0.3 is 10.4 Å². The Hall–Kier alpha value is -2.36. The molecule has 0 aliphatic heterocycles. The van der Waals surface area contributed by atoms with Crippen LogP contribution in [0.5, 0.6) is 5.75 Å². The number of rotatable bonds is 4. The molecule has 2 aromatic carbocycles. The van der Waals surface area contributed by atoms with E-state index in [1.807, 2.05) is 37.3 Å². The average molecular weight is 273 g/mol. The number of amides is 1. The number of aromatic hydroxyl groups is 1. The molecule has 1 unspecified atom stereocenters. The molecule has 0 aliphatic rings. The number of phenolic OH excluding ortho intramolecular Hbond substituents is 1. The number of anilines is 1. The van der Waals surface area contributed by atoms with Crippen molar-refractivity contribution in [1.82, 2.24) is 0 Å². The van der Waals surface area contributed by atoms with Crippen LogP contribution in [0.25, 0.3) is 0 Å². The maximum Gasteiger partial charge on any atom is 0.232 e. The third-order valence-corrected chi connectivity index (χ3v) is 3.14. The van der Waals surface area contributed by atoms with Gasteiger partial charge in [-0.05, 0) is 24.1 Å². The molecule has 0 saturated carbocycles. The van der Waals surface area contributed by atoms with E-state index >= 15 is 0 Å². The van der Waals surface area contributed by atoms with Crippen molar-refractivity contribution in [2.24, 2.45) is 0 Å². The van der Waals surface area contributed by atoms with Crippen LogP contribution in [0.3, 0.4) is 0 Å². The first-order chi connectivity index (χ1) is 9.61. The van der Waals surface area contributed by atoms with E-state index in [9.17, 15) is 14.3 Å². The summed E-state index contributed by atoms with van der Waals surface area (Å²) in [5, 5.41) is 12.2. The van der Waals surface area contributed by atoms with Crippen molar-refractivity contribution < 1.29 is 14.3 Å². The largest absolute Gasteiger partial charge is 0.506 e. The van der Waals surface area contributed by atoms with E-state index in [1.54, 1.807) is 0 Å². The van der Waals surface area contributed by atoms with Gasteiger partial charge in [-0.2, -0.15) is 0 Å². The first-order valence-electron chi connectivity index (χ1n) is 6.46. The van der Waals surface area contributed by atoms with E-state index in [1.165, 1.54) is 6.07 Å². The number of nitrogens with one attached hydrogen (secondary N) is 1. The molecule has 0 radical (unpaired) electrons. The van der Waals surface area contributed by atoms with Crippen molar-refractivity contribution >= 4 is 11.6 Å². The molecule has 2 rings (SSSR count). The molecule has 4 heteroatoms. The Morgan fingerprint density at radius 2 is 1.95 bits per heavy atom. The highest BCUT2D eigenvalue weighted by Gasteiger charge is 2.19. The van der Waals surface area contributed by atoms with Gasteiger partial charge in [-0.3, -0.25) is 4.79 Å². The van der Waals surface area contributed by atoms with E-state index in [2.05, 4.69) is 5.32 Å². The van der Waals surface area contributed by atoms with Gasteiger partial charge in [0.05, 0.1) is 11.6 Å². The highest BCUT2D eigenvalue weighted by Crippen LogP contribution is 2.27. The Kier molecular flexibility index (Phi) is 4.35. The summed E-state index contributed by atoms with van der Waals surface area (Å²) in [7, 11) is 0. The number of benzene rings is 2. The summed E-state index contributed by atoms with van der Waals surface area (Å²) in [5.74, 6) is -1.26. The van der Waals surface area contributed by atoms with Gasteiger partial charge in [0.2, 0.25) is 5.91 Å². The van der Waals surface area contributed by atoms with Crippen LogP contribution in [-0.4, -0.2) is 11.0 Å². The van der Waals surface area contributed by atoms with Gasteiger partial charge in [0, 0.05) is 6.07 Å². The fourth-order valence-electron chi connectivity index (χ4n) is 2.09. The Balaban J connectivity index is 2.20. The fourth-order valence-corrected chi connectivity index (χ4v) is 2.09. The highest BCUT2D eigenvalue weighted by atomic mass is 19.1. The maximum atomic E-state index is 13.1. The molecule has 0 bridgehead atoms. The SMILES string of the molecule is CCC(C(=O)Nc1cc(F)ccc1O)c1ccccc1. The first kappa shape index (κ1) is 14.1. The molecule has 0 heterocycles. The predicted molar refractivity (Wildman–Crippen MR) is 76.2 cm³/mol. The minimum absolute atomic E-state index is 0.0874. The summed E-state index contributed by atoms with van der Waals surface area (Å²) < 4.78 is 13.1. The normalized spacial score (nSPS) is 11.9. The molecule has 0 aromatic heterocycles. The van der Waals surface area contributed by atoms with Crippen molar-refractivity contribution in [3.8, 4) is 5.75 Å². The van der Waals surface area contributed by atoms with Crippen molar-refractivity contribution in [1.29, 1.82) is 0 Å². The van der Waals surface area contributed by atoms with Crippen molar-refractivity contribution in [3.63, 3.8) is 0 Å². The molecule has 0 aliphatic carbocycles. The van der Waals surface area contributed by atoms with E-state index in [4.69, 9.17) is 0 Å². The zero-order valence-corrected chi connectivity index (χ0v) is 11.1. The smallest absolute Gasteiger partial charge is 0.232 e. The second kappa shape index (κ2) is 6.19. The van der Waals surface area contributed by atoms with Crippen LogP contribution in [-0.2, 0) is 4.79 Å². The zero-order valence-electron chi connectivity index (χ0n) is 11.1. The van der Waals surface area contributed by atoms with Crippen LogP contribution >= 0.6 is 0 Å². The predicted octanol–water partition coefficient (Wildman–Crippen LogP) is 3.66. The van der Waals surface area contributed by atoms with Gasteiger partial charge >= 0.3 is 0 Å². The summed E-state index contributed by atoms with van der Waals surface area (Å²) in [6, 6.07) is 12.8. The Morgan fingerprint density at radius 1 is 1.25 bits per heavy atom. The van der Waals surface area contributed by atoms with E-state index in [-0.39, 0.29) is 23.3 Å². The van der Waals surface area contributed by atoms with Gasteiger partial charge in [-0.1, -0.05) is 37.3 Å². The number of phenols is 1. The lowest BCUT2D eigenvalue weighted by Crippen LogP contribution is -2.20. The van der Waals surface area contributed by atoms with Gasteiger partial charge in [0.25, 0.3) is 0 Å². The number of hydrogen-bond donors (Lipinski definition) is 2. The zero-order chi connectivity index (χ0) is 14.5. The molecule has 0 fully saturated rings. The molecule has 104 valence electrons. The van der Waals surface area contributed by atoms with Crippen molar-refractivity contribution in [2.45, 2.75) is 19.3 Å². The number of hydrogen-bond acceptors (Lipinski definition) is 2. The molecule has 0 spiro atoms. The number of carbonyl (C=O) groups is 1. The van der Waals surface area contributed by atoms with Gasteiger partial charge in [0.1, 0.15) is 11.6 Å². The lowest BCUT2D eigenvalue weighted by molar-refractivity contribution is -0.117. The summed E-state index contributed by atoms with van der Waals surface area (Å²) in [6.45, 7) is 1.91. The maximum absolute atomic E-state index is 13.1. The summed E-state index contributed by atoms with van der Waals surface area (Å²) in [4.78, 5) is 12.3. The minimum Gasteiger partial charge on any atom is -0.506 e. The molecule has 2 aromatic rings. The van der Waals surface area contributed by atoms with Gasteiger partial charge in [-0.15, -0.1) is 0 Å². The van der Waals surface area contributed by atoms with Crippen LogP contribution in [0.4, 0.5) is 10.1 Å². The van der Waals surface area contributed by atoms with Crippen LogP contribution in [0.1, 0.15) is 24.8 Å². The Morgan fingerprint density at radius 3 is 2.60 bits per heavy atom. The molecule has 2 N–H and O–H groups in total. The second-order valence-corrected chi connectivity index (χ2v) is 4.52. The number of halogens is 1. The second-order valence-electron chi connectivity index (χ2n) is 4.52. The summed E-state index contributed by atoms with van der Waals surface area (Å²) >= 11 is 0. The highest BCUT2D eigenvalue weighted by molar-refractivity contribution is 5.96. The van der Waals surface area contributed by atoms with Crippen LogP contribution in [0, 0.1) is 5.82 Å². The van der Waals surface area contributed by atoms with E-state index < -0.39 is 5.82 Å². The third kappa shape index (κ3) is 3.15. The topological polar surface area (TPSA) is 49.3 Å². The average Bonchev–Trinajstić information content (AvgIpc) is 2.45. The monoisotopic (exact) mass is 273 g/mol. The fraction of sp³-hybridized carbons (Fsp3) is 0.188. The van der Waals surface area contributed by atoms with E-state index in [0.717, 1.165) is 17.7 Å². The molecule has 1 atom stereocenters. The summed E-state index contributed by atoms with van der Waals surface area (Å²) in [6.07, 6.45) is 0.617. The van der Waals surface area contributed by atoms with E-state index in [0.29, 0.717) is 6.42 Å². The minimum atomic E-state index is -0.508. The van der Waals surface area contributed by atoms with Crippen molar-refractivity contribution in [3.05, 3.63) is 59.9 Å². The Bertz CT molecular complexity index is 599. The summed E-state index contributed by atoms with van der Waals surface area (Å²) in [5.41, 5.74) is 0.979. The third-order valence-electron chi connectivity index (χ3n) is 3.14. The lowest BCUT2D eigenvalue weighted by Gasteiger charge is -2.16. The lowest BCUT2D eigenvalue weighted by atomic mass is 9.95.